The first-order valence-electron chi connectivity index (χ1n) is 12.6. The first kappa shape index (κ1) is 24.1. The van der Waals surface area contributed by atoms with Gasteiger partial charge in [-0.05, 0) is 43.6 Å². The molecular formula is C25H35Cl2N7. The molecule has 0 bridgehead atoms. The van der Waals surface area contributed by atoms with Crippen LogP contribution in [0.4, 0.5) is 11.8 Å². The minimum absolute atomic E-state index is 0.600. The van der Waals surface area contributed by atoms with Gasteiger partial charge in [-0.2, -0.15) is 4.98 Å². The normalized spacial score (nSPS) is 19.8. The lowest BCUT2D eigenvalue weighted by Gasteiger charge is -2.37. The first-order valence-corrected chi connectivity index (χ1v) is 13.4. The van der Waals surface area contributed by atoms with Crippen LogP contribution >= 0.6 is 23.2 Å². The summed E-state index contributed by atoms with van der Waals surface area (Å²) in [4.78, 5) is 17.5. The number of aromatic nitrogens is 2. The van der Waals surface area contributed by atoms with E-state index < -0.39 is 0 Å². The van der Waals surface area contributed by atoms with Crippen LogP contribution in [0.3, 0.4) is 0 Å². The summed E-state index contributed by atoms with van der Waals surface area (Å²) in [5.41, 5.74) is 3.33. The summed E-state index contributed by atoms with van der Waals surface area (Å²) in [5.74, 6) is 1.76. The summed E-state index contributed by atoms with van der Waals surface area (Å²) in [6, 6.07) is 5.62. The smallest absolute Gasteiger partial charge is 0.227 e. The number of hydrogen-bond donors (Lipinski definition) is 2. The van der Waals surface area contributed by atoms with E-state index in [9.17, 15) is 0 Å². The molecule has 34 heavy (non-hydrogen) atoms. The van der Waals surface area contributed by atoms with Crippen LogP contribution in [0.2, 0.25) is 10.0 Å². The highest BCUT2D eigenvalue weighted by atomic mass is 35.5. The predicted molar refractivity (Wildman–Crippen MR) is 140 cm³/mol. The third kappa shape index (κ3) is 5.94. The van der Waals surface area contributed by atoms with Gasteiger partial charge in [0.1, 0.15) is 5.82 Å². The Bertz CT molecular complexity index is 972. The third-order valence-corrected chi connectivity index (χ3v) is 7.81. The lowest BCUT2D eigenvalue weighted by Crippen LogP contribution is -2.49. The summed E-state index contributed by atoms with van der Waals surface area (Å²) >= 11 is 12.5. The summed E-state index contributed by atoms with van der Waals surface area (Å²) in [5, 5.41) is 8.31. The number of piperazine rings is 1. The highest BCUT2D eigenvalue weighted by Gasteiger charge is 2.24. The van der Waals surface area contributed by atoms with Crippen LogP contribution in [-0.2, 0) is 19.5 Å². The number of rotatable bonds is 7. The van der Waals surface area contributed by atoms with Gasteiger partial charge in [0, 0.05) is 80.9 Å². The van der Waals surface area contributed by atoms with Crippen molar-refractivity contribution in [3.05, 3.63) is 45.1 Å². The molecule has 0 spiro atoms. The van der Waals surface area contributed by atoms with E-state index >= 15 is 0 Å². The molecule has 9 heteroatoms. The van der Waals surface area contributed by atoms with Crippen molar-refractivity contribution in [2.45, 2.75) is 38.8 Å². The van der Waals surface area contributed by atoms with E-state index in [1.54, 1.807) is 6.07 Å². The summed E-state index contributed by atoms with van der Waals surface area (Å²) < 4.78 is 0. The number of halogens is 2. The molecule has 2 saturated heterocycles. The van der Waals surface area contributed by atoms with Crippen molar-refractivity contribution < 1.29 is 0 Å². The van der Waals surface area contributed by atoms with E-state index in [0.717, 1.165) is 68.7 Å². The van der Waals surface area contributed by atoms with Crippen molar-refractivity contribution in [3.63, 3.8) is 0 Å². The Morgan fingerprint density at radius 2 is 1.68 bits per heavy atom. The van der Waals surface area contributed by atoms with Crippen LogP contribution in [-0.4, -0.2) is 78.7 Å². The van der Waals surface area contributed by atoms with Crippen LogP contribution in [0.15, 0.2) is 18.2 Å². The molecule has 0 unspecified atom stereocenters. The van der Waals surface area contributed by atoms with Crippen LogP contribution in [0, 0.1) is 0 Å². The van der Waals surface area contributed by atoms with Gasteiger partial charge in [0.15, 0.2) is 0 Å². The number of nitrogens with zero attached hydrogens (tertiary/aromatic N) is 5. The Balaban J connectivity index is 1.23. The zero-order valence-electron chi connectivity index (χ0n) is 19.8. The van der Waals surface area contributed by atoms with Crippen molar-refractivity contribution >= 4 is 35.0 Å². The van der Waals surface area contributed by atoms with E-state index in [1.165, 1.54) is 51.0 Å². The van der Waals surface area contributed by atoms with E-state index in [2.05, 4.69) is 25.3 Å². The summed E-state index contributed by atoms with van der Waals surface area (Å²) in [7, 11) is 0. The Labute approximate surface area is 212 Å². The predicted octanol–water partition coefficient (Wildman–Crippen LogP) is 3.65. The van der Waals surface area contributed by atoms with Gasteiger partial charge < -0.3 is 20.4 Å². The standard InChI is InChI=1S/C25H35Cl2N7/c26-20-5-4-19(22(27)16-20)17-29-24-21-18-28-7-6-23(21)30-25(31-24)34-14-12-33(13-15-34)11-10-32-8-2-1-3-9-32/h4-5,16,28H,1-3,6-15,17-18H2,(H,29,30,31). The maximum atomic E-state index is 6.40. The first-order chi connectivity index (χ1) is 16.7. The Morgan fingerprint density at radius 3 is 2.44 bits per heavy atom. The maximum Gasteiger partial charge on any atom is 0.227 e. The zero-order valence-corrected chi connectivity index (χ0v) is 21.3. The largest absolute Gasteiger partial charge is 0.365 e. The summed E-state index contributed by atoms with van der Waals surface area (Å²) in [6.07, 6.45) is 5.05. The fourth-order valence-electron chi connectivity index (χ4n) is 5.10. The molecule has 3 aliphatic heterocycles. The average molecular weight is 505 g/mol. The van der Waals surface area contributed by atoms with Gasteiger partial charge in [-0.25, -0.2) is 4.98 Å². The molecule has 1 aromatic heterocycles. The van der Waals surface area contributed by atoms with Gasteiger partial charge in [0.2, 0.25) is 5.95 Å². The van der Waals surface area contributed by atoms with Gasteiger partial charge in [-0.1, -0.05) is 35.7 Å². The lowest BCUT2D eigenvalue weighted by molar-refractivity contribution is 0.176. The second-order valence-electron chi connectivity index (χ2n) is 9.54. The minimum Gasteiger partial charge on any atom is -0.365 e. The van der Waals surface area contributed by atoms with Crippen molar-refractivity contribution in [3.8, 4) is 0 Å². The third-order valence-electron chi connectivity index (χ3n) is 7.22. The van der Waals surface area contributed by atoms with Gasteiger partial charge in [0.25, 0.3) is 0 Å². The fraction of sp³-hybridized carbons (Fsp3) is 0.600. The van der Waals surface area contributed by atoms with Crippen molar-refractivity contribution in [1.29, 1.82) is 0 Å². The lowest BCUT2D eigenvalue weighted by atomic mass is 10.1. The van der Waals surface area contributed by atoms with Crippen molar-refractivity contribution in [2.75, 3.05) is 69.1 Å². The van der Waals surface area contributed by atoms with Crippen molar-refractivity contribution in [1.82, 2.24) is 25.1 Å². The maximum absolute atomic E-state index is 6.40. The monoisotopic (exact) mass is 503 g/mol. The van der Waals surface area contributed by atoms with Crippen LogP contribution in [0.5, 0.6) is 0 Å². The molecule has 0 atom stereocenters. The number of fused-ring (bicyclic) bond motifs is 1. The molecule has 7 nitrogen and oxygen atoms in total. The van der Waals surface area contributed by atoms with Crippen LogP contribution in [0.25, 0.3) is 0 Å². The number of benzene rings is 1. The molecule has 0 saturated carbocycles. The quantitative estimate of drug-likeness (QED) is 0.597. The second kappa shape index (κ2) is 11.4. The van der Waals surface area contributed by atoms with Crippen LogP contribution < -0.4 is 15.5 Å². The Hall–Kier alpha value is -1.64. The fourth-order valence-corrected chi connectivity index (χ4v) is 5.57. The van der Waals surface area contributed by atoms with Crippen LogP contribution in [0.1, 0.15) is 36.1 Å². The molecule has 0 radical (unpaired) electrons. The molecule has 3 aliphatic rings. The van der Waals surface area contributed by atoms with E-state index in [4.69, 9.17) is 33.2 Å². The highest BCUT2D eigenvalue weighted by molar-refractivity contribution is 6.35. The molecule has 0 amide bonds. The van der Waals surface area contributed by atoms with E-state index in [1.807, 2.05) is 12.1 Å². The zero-order chi connectivity index (χ0) is 23.3. The SMILES string of the molecule is Clc1ccc(CNc2nc(N3CCN(CCN4CCCCC4)CC3)nc3c2CNCC3)c(Cl)c1. The number of piperidine rings is 1. The molecule has 2 fully saturated rings. The molecule has 184 valence electrons. The highest BCUT2D eigenvalue weighted by Crippen LogP contribution is 2.26. The number of nitrogens with one attached hydrogen (secondary N) is 2. The molecule has 2 N–H and O–H groups in total. The summed E-state index contributed by atoms with van der Waals surface area (Å²) in [6.45, 7) is 11.3. The van der Waals surface area contributed by atoms with Gasteiger partial charge in [0.05, 0.1) is 5.69 Å². The molecule has 2 aromatic rings. The van der Waals surface area contributed by atoms with E-state index in [-0.39, 0.29) is 0 Å². The van der Waals surface area contributed by atoms with Crippen molar-refractivity contribution in [2.24, 2.45) is 0 Å². The Morgan fingerprint density at radius 1 is 0.912 bits per heavy atom. The molecule has 0 aliphatic carbocycles. The van der Waals surface area contributed by atoms with E-state index in [0.29, 0.717) is 16.6 Å². The molecule has 4 heterocycles. The minimum atomic E-state index is 0.600. The molecule has 1 aromatic carbocycles. The Kier molecular flexibility index (Phi) is 8.07. The second-order valence-corrected chi connectivity index (χ2v) is 10.4. The number of anilines is 2. The topological polar surface area (TPSA) is 59.6 Å². The van der Waals surface area contributed by atoms with Gasteiger partial charge >= 0.3 is 0 Å². The van der Waals surface area contributed by atoms with Gasteiger partial charge in [-0.15, -0.1) is 0 Å². The molecule has 5 rings (SSSR count). The average Bonchev–Trinajstić information content (AvgIpc) is 2.87. The molecular weight excluding hydrogens is 469 g/mol. The number of likely N-dealkylation sites (tertiary alicyclic amines) is 1. The number of hydrogen-bond acceptors (Lipinski definition) is 7. The van der Waals surface area contributed by atoms with Gasteiger partial charge in [-0.3, -0.25) is 4.90 Å².